The number of hydrogen-bond donors (Lipinski definition) is 2. The number of nitrogens with zero attached hydrogens (tertiary/aromatic N) is 1. The van der Waals surface area contributed by atoms with Crippen molar-refractivity contribution in [1.29, 1.82) is 0 Å². The van der Waals surface area contributed by atoms with Crippen molar-refractivity contribution in [2.75, 3.05) is 32.9 Å². The van der Waals surface area contributed by atoms with E-state index in [1.165, 1.54) is 0 Å². The highest BCUT2D eigenvalue weighted by Crippen LogP contribution is 2.12. The van der Waals surface area contributed by atoms with Gasteiger partial charge in [0, 0.05) is 19.1 Å². The van der Waals surface area contributed by atoms with E-state index in [-0.39, 0.29) is 18.8 Å². The van der Waals surface area contributed by atoms with Gasteiger partial charge < -0.3 is 19.7 Å². The molecular weight excluding hydrogens is 270 g/mol. The summed E-state index contributed by atoms with van der Waals surface area (Å²) in [5.74, 6) is 0. The van der Waals surface area contributed by atoms with Crippen LogP contribution in [0.5, 0.6) is 0 Å². The molecule has 1 fully saturated rings. The van der Waals surface area contributed by atoms with Crippen molar-refractivity contribution in [3.05, 3.63) is 35.9 Å². The van der Waals surface area contributed by atoms with E-state index in [9.17, 15) is 5.11 Å². The molecule has 2 N–H and O–H groups in total. The second-order valence-corrected chi connectivity index (χ2v) is 5.60. The molecule has 0 aromatic heterocycles. The van der Waals surface area contributed by atoms with Gasteiger partial charge in [-0.15, -0.1) is 0 Å². The lowest BCUT2D eigenvalue weighted by Gasteiger charge is -2.38. The molecule has 0 amide bonds. The third kappa shape index (κ3) is 5.37. The Balaban J connectivity index is 1.69. The van der Waals surface area contributed by atoms with Gasteiger partial charge in [0.2, 0.25) is 0 Å². The number of aliphatic hydroxyl groups excluding tert-OH is 2. The third-order valence-electron chi connectivity index (χ3n) is 3.71. The Labute approximate surface area is 126 Å². The van der Waals surface area contributed by atoms with E-state index in [0.29, 0.717) is 32.9 Å². The first-order valence-corrected chi connectivity index (χ1v) is 7.45. The first kappa shape index (κ1) is 16.4. The predicted octanol–water partition coefficient (Wildman–Crippen LogP) is 0.646. The maximum Gasteiger partial charge on any atom is 0.0933 e. The normalized spacial score (nSPS) is 24.9. The van der Waals surface area contributed by atoms with Crippen LogP contribution >= 0.6 is 0 Å². The highest BCUT2D eigenvalue weighted by molar-refractivity contribution is 5.13. The van der Waals surface area contributed by atoms with Crippen LogP contribution < -0.4 is 0 Å². The Morgan fingerprint density at radius 2 is 2.14 bits per heavy atom. The number of β-amino-alcohol motifs (C(OH)–C–C–N with tert-alkyl or cyclic N) is 1. The average molecular weight is 295 g/mol. The molecule has 2 rings (SSSR count). The highest BCUT2D eigenvalue weighted by atomic mass is 16.5. The van der Waals surface area contributed by atoms with Crippen molar-refractivity contribution in [1.82, 2.24) is 4.90 Å². The summed E-state index contributed by atoms with van der Waals surface area (Å²) in [5, 5.41) is 19.2. The van der Waals surface area contributed by atoms with Gasteiger partial charge in [-0.1, -0.05) is 30.3 Å². The number of rotatable bonds is 7. The van der Waals surface area contributed by atoms with Gasteiger partial charge in [-0.25, -0.2) is 0 Å². The molecule has 0 saturated carbocycles. The lowest BCUT2D eigenvalue weighted by molar-refractivity contribution is -0.0924. The van der Waals surface area contributed by atoms with E-state index in [1.807, 2.05) is 30.3 Å². The molecule has 1 saturated heterocycles. The molecule has 0 bridgehead atoms. The lowest BCUT2D eigenvalue weighted by atomic mass is 10.2. The number of benzene rings is 1. The molecule has 0 spiro atoms. The monoisotopic (exact) mass is 295 g/mol. The predicted molar refractivity (Wildman–Crippen MR) is 80.0 cm³/mol. The Hall–Kier alpha value is -0.980. The molecule has 1 aliphatic rings. The van der Waals surface area contributed by atoms with Gasteiger partial charge in [-0.3, -0.25) is 4.90 Å². The summed E-state index contributed by atoms with van der Waals surface area (Å²) in [5.41, 5.74) is 1.10. The van der Waals surface area contributed by atoms with Crippen LogP contribution in [0.25, 0.3) is 0 Å². The van der Waals surface area contributed by atoms with E-state index in [2.05, 4.69) is 11.8 Å². The zero-order valence-corrected chi connectivity index (χ0v) is 12.5. The zero-order chi connectivity index (χ0) is 15.1. The summed E-state index contributed by atoms with van der Waals surface area (Å²) >= 11 is 0. The molecule has 3 unspecified atom stereocenters. The van der Waals surface area contributed by atoms with Gasteiger partial charge in [0.1, 0.15) is 0 Å². The van der Waals surface area contributed by atoms with E-state index in [4.69, 9.17) is 14.6 Å². The Morgan fingerprint density at radius 1 is 1.38 bits per heavy atom. The van der Waals surface area contributed by atoms with Crippen molar-refractivity contribution >= 4 is 0 Å². The lowest BCUT2D eigenvalue weighted by Crippen LogP contribution is -2.52. The molecule has 3 atom stereocenters. The Kier molecular flexibility index (Phi) is 6.60. The number of hydrogen-bond acceptors (Lipinski definition) is 5. The molecule has 1 aromatic rings. The third-order valence-corrected chi connectivity index (χ3v) is 3.71. The minimum Gasteiger partial charge on any atom is -0.394 e. The van der Waals surface area contributed by atoms with Crippen LogP contribution in [0.4, 0.5) is 0 Å². The number of ether oxygens (including phenoxy) is 2. The van der Waals surface area contributed by atoms with Crippen LogP contribution in [0.1, 0.15) is 12.5 Å². The SMILES string of the molecule is CC1COC(CO)CN1CC(O)COCc1ccccc1. The minimum absolute atomic E-state index is 0.0177. The van der Waals surface area contributed by atoms with Crippen LogP contribution in [0, 0.1) is 0 Å². The molecule has 0 radical (unpaired) electrons. The van der Waals surface area contributed by atoms with Crippen LogP contribution in [0.3, 0.4) is 0 Å². The molecular formula is C16H25NO4. The summed E-state index contributed by atoms with van der Waals surface area (Å²) in [6, 6.07) is 10.2. The van der Waals surface area contributed by atoms with Gasteiger partial charge in [0.15, 0.2) is 0 Å². The fraction of sp³-hybridized carbons (Fsp3) is 0.625. The quantitative estimate of drug-likeness (QED) is 0.773. The summed E-state index contributed by atoms with van der Waals surface area (Å²) in [6.07, 6.45) is -0.688. The van der Waals surface area contributed by atoms with Crippen molar-refractivity contribution in [2.45, 2.75) is 31.8 Å². The minimum atomic E-state index is -0.534. The summed E-state index contributed by atoms with van der Waals surface area (Å²) in [4.78, 5) is 2.14. The van der Waals surface area contributed by atoms with Crippen LogP contribution in [0.15, 0.2) is 30.3 Å². The van der Waals surface area contributed by atoms with Crippen LogP contribution in [-0.2, 0) is 16.1 Å². The second-order valence-electron chi connectivity index (χ2n) is 5.60. The fourth-order valence-electron chi connectivity index (χ4n) is 2.45. The molecule has 118 valence electrons. The molecule has 0 aliphatic carbocycles. The van der Waals surface area contributed by atoms with Gasteiger partial charge >= 0.3 is 0 Å². The van der Waals surface area contributed by atoms with E-state index >= 15 is 0 Å². The number of aliphatic hydroxyl groups is 2. The van der Waals surface area contributed by atoms with E-state index in [1.54, 1.807) is 0 Å². The van der Waals surface area contributed by atoms with Crippen molar-refractivity contribution < 1.29 is 19.7 Å². The molecule has 1 aromatic carbocycles. The van der Waals surface area contributed by atoms with Crippen LogP contribution in [-0.4, -0.2) is 66.3 Å². The maximum atomic E-state index is 10.1. The number of morpholine rings is 1. The zero-order valence-electron chi connectivity index (χ0n) is 12.5. The summed E-state index contributed by atoms with van der Waals surface area (Å²) < 4.78 is 11.0. The van der Waals surface area contributed by atoms with E-state index in [0.717, 1.165) is 5.56 Å². The smallest absolute Gasteiger partial charge is 0.0933 e. The first-order chi connectivity index (χ1) is 10.2. The second kappa shape index (κ2) is 8.46. The van der Waals surface area contributed by atoms with Gasteiger partial charge in [0.25, 0.3) is 0 Å². The molecule has 5 heteroatoms. The largest absolute Gasteiger partial charge is 0.394 e. The fourth-order valence-corrected chi connectivity index (χ4v) is 2.45. The molecule has 1 heterocycles. The average Bonchev–Trinajstić information content (AvgIpc) is 2.50. The molecule has 5 nitrogen and oxygen atoms in total. The van der Waals surface area contributed by atoms with Crippen molar-refractivity contribution in [2.24, 2.45) is 0 Å². The molecule has 1 aliphatic heterocycles. The highest BCUT2D eigenvalue weighted by Gasteiger charge is 2.27. The summed E-state index contributed by atoms with van der Waals surface area (Å²) in [6.45, 7) is 4.67. The first-order valence-electron chi connectivity index (χ1n) is 7.45. The van der Waals surface area contributed by atoms with Gasteiger partial charge in [-0.05, 0) is 12.5 Å². The molecule has 21 heavy (non-hydrogen) atoms. The topological polar surface area (TPSA) is 62.2 Å². The standard InChI is InChI=1S/C16H25NO4/c1-13-10-21-16(9-18)8-17(13)7-15(19)12-20-11-14-5-3-2-4-6-14/h2-6,13,15-16,18-19H,7-12H2,1H3. The maximum absolute atomic E-state index is 10.1. The van der Waals surface area contributed by atoms with Gasteiger partial charge in [0.05, 0.1) is 38.6 Å². The van der Waals surface area contributed by atoms with E-state index < -0.39 is 6.10 Å². The Morgan fingerprint density at radius 3 is 2.86 bits per heavy atom. The Bertz CT molecular complexity index is 401. The summed E-state index contributed by atoms with van der Waals surface area (Å²) in [7, 11) is 0. The van der Waals surface area contributed by atoms with Crippen molar-refractivity contribution in [3.63, 3.8) is 0 Å². The van der Waals surface area contributed by atoms with Crippen LogP contribution in [0.2, 0.25) is 0 Å². The van der Waals surface area contributed by atoms with Gasteiger partial charge in [-0.2, -0.15) is 0 Å². The van der Waals surface area contributed by atoms with Crippen molar-refractivity contribution in [3.8, 4) is 0 Å².